The number of ether oxygens (including phenoxy) is 3. The molecule has 148 valence electrons. The quantitative estimate of drug-likeness (QED) is 0.430. The van der Waals surface area contributed by atoms with Crippen LogP contribution in [0.5, 0.6) is 0 Å². The van der Waals surface area contributed by atoms with Crippen LogP contribution in [0, 0.1) is 0 Å². The third-order valence-electron chi connectivity index (χ3n) is 3.75. The molecule has 0 saturated heterocycles. The molecule has 28 heavy (non-hydrogen) atoms. The van der Waals surface area contributed by atoms with Crippen molar-refractivity contribution in [3.63, 3.8) is 0 Å². The highest BCUT2D eigenvalue weighted by Crippen LogP contribution is 2.22. The zero-order valence-electron chi connectivity index (χ0n) is 16.4. The van der Waals surface area contributed by atoms with E-state index < -0.39 is 29.4 Å². The minimum atomic E-state index is -1.30. The van der Waals surface area contributed by atoms with E-state index in [0.29, 0.717) is 5.56 Å². The fourth-order valence-electron chi connectivity index (χ4n) is 2.48. The van der Waals surface area contributed by atoms with Gasteiger partial charge in [-0.15, -0.1) is 0 Å². The van der Waals surface area contributed by atoms with Crippen molar-refractivity contribution in [3.8, 4) is 0 Å². The minimum absolute atomic E-state index is 0.0267. The highest BCUT2D eigenvalue weighted by molar-refractivity contribution is 6.01. The van der Waals surface area contributed by atoms with Crippen LogP contribution in [0.15, 0.2) is 54.6 Å². The molecule has 2 aromatic carbocycles. The number of carbonyl (C=O) groups is 3. The summed E-state index contributed by atoms with van der Waals surface area (Å²) in [7, 11) is 1.19. The number of esters is 3. The molecule has 1 atom stereocenters. The van der Waals surface area contributed by atoms with E-state index in [4.69, 9.17) is 14.2 Å². The van der Waals surface area contributed by atoms with Gasteiger partial charge in [0, 0.05) is 0 Å². The summed E-state index contributed by atoms with van der Waals surface area (Å²) in [5.41, 5.74) is 0.663. The predicted molar refractivity (Wildman–Crippen MR) is 103 cm³/mol. The Hall–Kier alpha value is -3.15. The molecule has 0 aliphatic rings. The highest BCUT2D eigenvalue weighted by atomic mass is 16.6. The van der Waals surface area contributed by atoms with Gasteiger partial charge in [-0.25, -0.2) is 4.79 Å². The van der Waals surface area contributed by atoms with Gasteiger partial charge in [-0.2, -0.15) is 0 Å². The van der Waals surface area contributed by atoms with Gasteiger partial charge < -0.3 is 14.2 Å². The lowest BCUT2D eigenvalue weighted by atomic mass is 9.97. The third kappa shape index (κ3) is 5.94. The second-order valence-corrected chi connectivity index (χ2v) is 7.18. The molecule has 0 N–H and O–H groups in total. The Morgan fingerprint density at radius 3 is 2.21 bits per heavy atom. The number of methoxy groups -OCH3 is 1. The molecule has 0 heterocycles. The van der Waals surface area contributed by atoms with Gasteiger partial charge in [0.2, 0.25) is 0 Å². The third-order valence-corrected chi connectivity index (χ3v) is 3.75. The first-order valence-corrected chi connectivity index (χ1v) is 8.83. The summed E-state index contributed by atoms with van der Waals surface area (Å²) in [5.74, 6) is -3.36. The number of rotatable bonds is 6. The fourth-order valence-corrected chi connectivity index (χ4v) is 2.48. The number of hydrogen-bond donors (Lipinski definition) is 0. The normalized spacial score (nSPS) is 12.0. The van der Waals surface area contributed by atoms with Gasteiger partial charge in [0.1, 0.15) is 12.2 Å². The van der Waals surface area contributed by atoms with Crippen LogP contribution in [0.3, 0.4) is 0 Å². The molecule has 6 heteroatoms. The molecular formula is C22H24O6. The molecule has 0 bridgehead atoms. The van der Waals surface area contributed by atoms with Gasteiger partial charge in [-0.05, 0) is 44.0 Å². The Labute approximate surface area is 164 Å². The summed E-state index contributed by atoms with van der Waals surface area (Å²) < 4.78 is 15.4. The van der Waals surface area contributed by atoms with E-state index in [0.717, 1.165) is 5.56 Å². The van der Waals surface area contributed by atoms with Gasteiger partial charge >= 0.3 is 17.9 Å². The zero-order valence-corrected chi connectivity index (χ0v) is 16.4. The minimum Gasteiger partial charge on any atom is -0.468 e. The Morgan fingerprint density at radius 1 is 0.929 bits per heavy atom. The second kappa shape index (κ2) is 9.17. The van der Waals surface area contributed by atoms with Crippen LogP contribution >= 0.6 is 0 Å². The Bertz CT molecular complexity index is 836. The molecule has 1 unspecified atom stereocenters. The van der Waals surface area contributed by atoms with E-state index in [2.05, 4.69) is 0 Å². The monoisotopic (exact) mass is 384 g/mol. The van der Waals surface area contributed by atoms with Gasteiger partial charge in [0.15, 0.2) is 5.92 Å². The first kappa shape index (κ1) is 21.2. The van der Waals surface area contributed by atoms with E-state index in [1.807, 2.05) is 30.3 Å². The van der Waals surface area contributed by atoms with Crippen molar-refractivity contribution >= 4 is 17.9 Å². The zero-order chi connectivity index (χ0) is 20.7. The molecular weight excluding hydrogens is 360 g/mol. The average Bonchev–Trinajstić information content (AvgIpc) is 2.66. The van der Waals surface area contributed by atoms with Crippen LogP contribution in [0.25, 0.3) is 0 Å². The molecule has 0 spiro atoms. The van der Waals surface area contributed by atoms with Gasteiger partial charge in [-0.3, -0.25) is 9.59 Å². The van der Waals surface area contributed by atoms with Gasteiger partial charge in [0.05, 0.1) is 12.7 Å². The number of carbonyl (C=O) groups excluding carboxylic acids is 3. The Kier molecular flexibility index (Phi) is 6.93. The van der Waals surface area contributed by atoms with Crippen LogP contribution in [0.2, 0.25) is 0 Å². The smallest absolute Gasteiger partial charge is 0.338 e. The fraction of sp³-hybridized carbons (Fsp3) is 0.318. The first-order valence-electron chi connectivity index (χ1n) is 8.83. The molecule has 0 saturated carbocycles. The van der Waals surface area contributed by atoms with Gasteiger partial charge in [-0.1, -0.05) is 42.5 Å². The molecule has 0 aliphatic carbocycles. The standard InChI is InChI=1S/C22H24O6/c1-22(2,3)28-19(23)17-12-8-11-16(13-17)18(20(24)26-4)21(25)27-14-15-9-6-5-7-10-15/h5-13,18H,14H2,1-4H3. The molecule has 6 nitrogen and oxygen atoms in total. The molecule has 0 fully saturated rings. The van der Waals surface area contributed by atoms with E-state index >= 15 is 0 Å². The maximum absolute atomic E-state index is 12.6. The van der Waals surface area contributed by atoms with Crippen molar-refractivity contribution < 1.29 is 28.6 Å². The SMILES string of the molecule is COC(=O)C(C(=O)OCc1ccccc1)c1cccc(C(=O)OC(C)(C)C)c1. The van der Waals surface area contributed by atoms with Gasteiger partial charge in [0.25, 0.3) is 0 Å². The van der Waals surface area contributed by atoms with Crippen LogP contribution in [-0.4, -0.2) is 30.6 Å². The van der Waals surface area contributed by atoms with E-state index in [9.17, 15) is 14.4 Å². The Morgan fingerprint density at radius 2 is 1.61 bits per heavy atom. The summed E-state index contributed by atoms with van der Waals surface area (Å²) in [4.78, 5) is 37.1. The summed E-state index contributed by atoms with van der Waals surface area (Å²) in [6, 6.07) is 15.3. The van der Waals surface area contributed by atoms with Crippen molar-refractivity contribution in [2.75, 3.05) is 7.11 Å². The second-order valence-electron chi connectivity index (χ2n) is 7.18. The van der Waals surface area contributed by atoms with E-state index in [1.54, 1.807) is 39.0 Å². The summed E-state index contributed by atoms with van der Waals surface area (Å²) in [6.07, 6.45) is 0. The largest absolute Gasteiger partial charge is 0.468 e. The predicted octanol–water partition coefficient (Wildman–Crippen LogP) is 3.64. The molecule has 2 aromatic rings. The lowest BCUT2D eigenvalue weighted by Gasteiger charge is -2.20. The number of hydrogen-bond acceptors (Lipinski definition) is 6. The highest BCUT2D eigenvalue weighted by Gasteiger charge is 2.32. The Balaban J connectivity index is 2.23. The van der Waals surface area contributed by atoms with Crippen LogP contribution in [0.1, 0.15) is 48.2 Å². The van der Waals surface area contributed by atoms with E-state index in [1.165, 1.54) is 13.2 Å². The average molecular weight is 384 g/mol. The van der Waals surface area contributed by atoms with Crippen LogP contribution in [0.4, 0.5) is 0 Å². The van der Waals surface area contributed by atoms with Crippen molar-refractivity contribution in [3.05, 3.63) is 71.3 Å². The molecule has 0 aromatic heterocycles. The van der Waals surface area contributed by atoms with Crippen molar-refractivity contribution in [1.29, 1.82) is 0 Å². The maximum Gasteiger partial charge on any atom is 0.338 e. The van der Waals surface area contributed by atoms with Crippen LogP contribution < -0.4 is 0 Å². The summed E-state index contributed by atoms with van der Waals surface area (Å²) in [5, 5.41) is 0. The lowest BCUT2D eigenvalue weighted by Crippen LogP contribution is -2.26. The lowest BCUT2D eigenvalue weighted by molar-refractivity contribution is -0.156. The van der Waals surface area contributed by atoms with Crippen molar-refractivity contribution in [1.82, 2.24) is 0 Å². The molecule has 0 amide bonds. The molecule has 0 aliphatic heterocycles. The van der Waals surface area contributed by atoms with Crippen molar-refractivity contribution in [2.24, 2.45) is 0 Å². The topological polar surface area (TPSA) is 78.9 Å². The summed E-state index contributed by atoms with van der Waals surface area (Å²) >= 11 is 0. The first-order chi connectivity index (χ1) is 13.2. The molecule has 0 radical (unpaired) electrons. The van der Waals surface area contributed by atoms with Crippen LogP contribution in [-0.2, 0) is 30.4 Å². The van der Waals surface area contributed by atoms with E-state index in [-0.39, 0.29) is 12.2 Å². The molecule has 2 rings (SSSR count). The van der Waals surface area contributed by atoms with Crippen molar-refractivity contribution in [2.45, 2.75) is 38.9 Å². The maximum atomic E-state index is 12.6. The summed E-state index contributed by atoms with van der Waals surface area (Å²) in [6.45, 7) is 5.30. The number of benzene rings is 2.